The van der Waals surface area contributed by atoms with E-state index in [9.17, 15) is 0 Å². The summed E-state index contributed by atoms with van der Waals surface area (Å²) >= 11 is 0. The average Bonchev–Trinajstić information content (AvgIpc) is 3.24. The second kappa shape index (κ2) is 13.7. The zero-order valence-electron chi connectivity index (χ0n) is 28.1. The Hall–Kier alpha value is -7.11. The Morgan fingerprint density at radius 2 is 0.635 bits per heavy atom. The van der Waals surface area contributed by atoms with Crippen LogP contribution in [0.25, 0.3) is 90.0 Å². The highest BCUT2D eigenvalue weighted by molar-refractivity contribution is 5.87. The molecule has 0 N–H and O–H groups in total. The highest BCUT2D eigenvalue weighted by Gasteiger charge is 2.14. The third-order valence-electron chi connectivity index (χ3n) is 9.14. The van der Waals surface area contributed by atoms with Gasteiger partial charge in [0.15, 0.2) is 23.3 Å². The summed E-state index contributed by atoms with van der Waals surface area (Å²) in [5, 5.41) is 2.32. The van der Waals surface area contributed by atoms with Crippen LogP contribution in [0.2, 0.25) is 0 Å². The summed E-state index contributed by atoms with van der Waals surface area (Å²) < 4.78 is 0. The molecule has 5 nitrogen and oxygen atoms in total. The molecule has 0 saturated heterocycles. The normalized spacial score (nSPS) is 11.1. The lowest BCUT2D eigenvalue weighted by atomic mass is 9.99. The van der Waals surface area contributed by atoms with Crippen LogP contribution in [0.4, 0.5) is 0 Å². The molecule has 5 heteroatoms. The highest BCUT2D eigenvalue weighted by atomic mass is 15.0. The zero-order valence-corrected chi connectivity index (χ0v) is 28.1. The first-order chi connectivity index (χ1) is 25.7. The minimum absolute atomic E-state index is 0.625. The Morgan fingerprint density at radius 3 is 1.27 bits per heavy atom. The summed E-state index contributed by atoms with van der Waals surface area (Å²) in [6.45, 7) is 0. The number of hydrogen-bond donors (Lipinski definition) is 0. The van der Waals surface area contributed by atoms with Crippen LogP contribution >= 0.6 is 0 Å². The number of fused-ring (bicyclic) bond motifs is 1. The molecule has 2 aromatic heterocycles. The Labute approximate surface area is 302 Å². The van der Waals surface area contributed by atoms with E-state index in [0.29, 0.717) is 23.3 Å². The van der Waals surface area contributed by atoms with Gasteiger partial charge in [0.2, 0.25) is 0 Å². The van der Waals surface area contributed by atoms with E-state index in [2.05, 4.69) is 109 Å². The number of rotatable bonds is 7. The van der Waals surface area contributed by atoms with Gasteiger partial charge in [0, 0.05) is 33.4 Å². The van der Waals surface area contributed by atoms with E-state index in [1.807, 2.05) is 78.9 Å². The maximum absolute atomic E-state index is 5.04. The molecule has 9 rings (SSSR count). The van der Waals surface area contributed by atoms with Gasteiger partial charge in [-0.25, -0.2) is 24.9 Å². The molecular weight excluding hydrogens is 635 g/mol. The monoisotopic (exact) mass is 665 g/mol. The van der Waals surface area contributed by atoms with E-state index in [4.69, 9.17) is 24.9 Å². The molecule has 0 aliphatic rings. The highest BCUT2D eigenvalue weighted by Crippen LogP contribution is 2.32. The average molecular weight is 666 g/mol. The first kappa shape index (κ1) is 30.9. The lowest BCUT2D eigenvalue weighted by Gasteiger charge is -2.11. The second-order valence-electron chi connectivity index (χ2n) is 12.6. The van der Waals surface area contributed by atoms with Crippen molar-refractivity contribution in [1.29, 1.82) is 0 Å². The summed E-state index contributed by atoms with van der Waals surface area (Å²) in [5.74, 6) is 2.60. The first-order valence-corrected chi connectivity index (χ1v) is 17.3. The second-order valence-corrected chi connectivity index (χ2v) is 12.6. The largest absolute Gasteiger partial charge is 0.228 e. The van der Waals surface area contributed by atoms with Gasteiger partial charge in [-0.05, 0) is 40.1 Å². The van der Waals surface area contributed by atoms with Crippen LogP contribution in [0.1, 0.15) is 0 Å². The van der Waals surface area contributed by atoms with Gasteiger partial charge in [0.05, 0.1) is 11.4 Å². The molecule has 9 aromatic rings. The van der Waals surface area contributed by atoms with E-state index in [0.717, 1.165) is 61.3 Å². The van der Waals surface area contributed by atoms with Crippen LogP contribution in [0.5, 0.6) is 0 Å². The Balaban J connectivity index is 1.08. The first-order valence-electron chi connectivity index (χ1n) is 17.3. The maximum atomic E-state index is 5.04. The Kier molecular flexibility index (Phi) is 8.12. The third kappa shape index (κ3) is 6.35. The van der Waals surface area contributed by atoms with Gasteiger partial charge >= 0.3 is 0 Å². The van der Waals surface area contributed by atoms with Crippen molar-refractivity contribution >= 4 is 10.8 Å². The van der Waals surface area contributed by atoms with Gasteiger partial charge in [-0.2, -0.15) is 0 Å². The lowest BCUT2D eigenvalue weighted by molar-refractivity contribution is 1.07. The minimum Gasteiger partial charge on any atom is -0.228 e. The van der Waals surface area contributed by atoms with Gasteiger partial charge in [-0.3, -0.25) is 0 Å². The molecule has 0 aliphatic carbocycles. The number of hydrogen-bond acceptors (Lipinski definition) is 5. The van der Waals surface area contributed by atoms with Crippen molar-refractivity contribution in [1.82, 2.24) is 24.9 Å². The minimum atomic E-state index is 0.625. The van der Waals surface area contributed by atoms with Crippen molar-refractivity contribution in [2.24, 2.45) is 0 Å². The van der Waals surface area contributed by atoms with E-state index < -0.39 is 0 Å². The van der Waals surface area contributed by atoms with E-state index in [-0.39, 0.29) is 0 Å². The summed E-state index contributed by atoms with van der Waals surface area (Å²) in [5.41, 5.74) is 9.77. The van der Waals surface area contributed by atoms with Crippen molar-refractivity contribution in [2.75, 3.05) is 0 Å². The van der Waals surface area contributed by atoms with Crippen LogP contribution in [0, 0.1) is 0 Å². The van der Waals surface area contributed by atoms with Gasteiger partial charge < -0.3 is 0 Å². The van der Waals surface area contributed by atoms with Crippen molar-refractivity contribution in [3.8, 4) is 79.2 Å². The van der Waals surface area contributed by atoms with E-state index in [1.165, 1.54) is 5.39 Å². The fourth-order valence-corrected chi connectivity index (χ4v) is 6.42. The van der Waals surface area contributed by atoms with Crippen LogP contribution in [0.15, 0.2) is 188 Å². The predicted molar refractivity (Wildman–Crippen MR) is 211 cm³/mol. The van der Waals surface area contributed by atoms with Crippen LogP contribution in [0.3, 0.4) is 0 Å². The van der Waals surface area contributed by atoms with Gasteiger partial charge in [0.25, 0.3) is 0 Å². The number of benzene rings is 7. The summed E-state index contributed by atoms with van der Waals surface area (Å²) in [7, 11) is 0. The van der Waals surface area contributed by atoms with Gasteiger partial charge in [-0.15, -0.1) is 0 Å². The molecule has 2 heterocycles. The summed E-state index contributed by atoms with van der Waals surface area (Å²) in [4.78, 5) is 24.9. The molecule has 0 unspecified atom stereocenters. The molecule has 0 radical (unpaired) electrons. The number of aromatic nitrogens is 5. The number of nitrogens with zero attached hydrogens (tertiary/aromatic N) is 5. The standard InChI is InChI=1S/C47H31N5/c1-4-14-34(15-5-1)42-31-43(49-44(48-42)35-16-6-2-7-17-35)40-22-12-21-39(29-40)33-23-26-37(27-24-33)46-50-45(36-18-8-3-9-19-36)51-47(52-46)41-28-25-32-13-10-11-20-38(32)30-41/h1-31H. The molecule has 244 valence electrons. The fourth-order valence-electron chi connectivity index (χ4n) is 6.42. The molecular formula is C47H31N5. The molecule has 0 bridgehead atoms. The predicted octanol–water partition coefficient (Wildman–Crippen LogP) is 11.5. The molecule has 52 heavy (non-hydrogen) atoms. The van der Waals surface area contributed by atoms with E-state index in [1.54, 1.807) is 0 Å². The quantitative estimate of drug-likeness (QED) is 0.169. The maximum Gasteiger partial charge on any atom is 0.164 e. The van der Waals surface area contributed by atoms with Crippen molar-refractivity contribution in [2.45, 2.75) is 0 Å². The van der Waals surface area contributed by atoms with Crippen LogP contribution in [-0.4, -0.2) is 24.9 Å². The van der Waals surface area contributed by atoms with Gasteiger partial charge in [-0.1, -0.05) is 170 Å². The Bertz CT molecular complexity index is 2600. The Morgan fingerprint density at radius 1 is 0.212 bits per heavy atom. The molecule has 0 aliphatic heterocycles. The zero-order chi connectivity index (χ0) is 34.7. The van der Waals surface area contributed by atoms with Crippen LogP contribution in [-0.2, 0) is 0 Å². The fraction of sp³-hybridized carbons (Fsp3) is 0. The van der Waals surface area contributed by atoms with Crippen molar-refractivity contribution < 1.29 is 0 Å². The summed E-state index contributed by atoms with van der Waals surface area (Å²) in [6.07, 6.45) is 0. The summed E-state index contributed by atoms with van der Waals surface area (Å²) in [6, 6.07) is 64.1. The van der Waals surface area contributed by atoms with Crippen molar-refractivity contribution in [3.63, 3.8) is 0 Å². The van der Waals surface area contributed by atoms with Crippen LogP contribution < -0.4 is 0 Å². The van der Waals surface area contributed by atoms with Crippen molar-refractivity contribution in [3.05, 3.63) is 188 Å². The third-order valence-corrected chi connectivity index (χ3v) is 9.14. The lowest BCUT2D eigenvalue weighted by Crippen LogP contribution is -2.00. The molecule has 7 aromatic carbocycles. The topological polar surface area (TPSA) is 64.5 Å². The molecule has 0 fully saturated rings. The van der Waals surface area contributed by atoms with Gasteiger partial charge in [0.1, 0.15) is 0 Å². The molecule has 0 amide bonds. The molecule has 0 spiro atoms. The SMILES string of the molecule is c1ccc(-c2cc(-c3cccc(-c4ccc(-c5nc(-c6ccccc6)nc(-c6ccc7ccccc7c6)n5)cc4)c3)nc(-c3ccccc3)n2)cc1. The smallest absolute Gasteiger partial charge is 0.164 e. The molecule has 0 saturated carbocycles. The van der Waals surface area contributed by atoms with E-state index >= 15 is 0 Å². The molecule has 0 atom stereocenters.